The lowest BCUT2D eigenvalue weighted by Crippen LogP contribution is -2.41. The van der Waals surface area contributed by atoms with Crippen molar-refractivity contribution < 1.29 is 9.53 Å². The predicted molar refractivity (Wildman–Crippen MR) is 107 cm³/mol. The van der Waals surface area contributed by atoms with E-state index < -0.39 is 0 Å². The summed E-state index contributed by atoms with van der Waals surface area (Å²) < 4.78 is 5.23. The van der Waals surface area contributed by atoms with E-state index in [9.17, 15) is 4.79 Å². The molecule has 3 N–H and O–H groups in total. The summed E-state index contributed by atoms with van der Waals surface area (Å²) in [7, 11) is 1.67. The molecule has 1 fully saturated rings. The molecule has 2 aromatic rings. The number of anilines is 1. The summed E-state index contributed by atoms with van der Waals surface area (Å²) in [6, 6.07) is 11.8. The van der Waals surface area contributed by atoms with Crippen LogP contribution in [0.2, 0.25) is 0 Å². The van der Waals surface area contributed by atoms with E-state index in [0.29, 0.717) is 6.54 Å². The van der Waals surface area contributed by atoms with E-state index in [1.54, 1.807) is 19.5 Å². The topological polar surface area (TPSA) is 80.5 Å². The van der Waals surface area contributed by atoms with Crippen LogP contribution >= 0.6 is 0 Å². The molecule has 1 aliphatic rings. The van der Waals surface area contributed by atoms with Crippen molar-refractivity contribution in [1.82, 2.24) is 9.88 Å². The third-order valence-corrected chi connectivity index (χ3v) is 5.24. The van der Waals surface area contributed by atoms with Crippen LogP contribution in [0.1, 0.15) is 24.3 Å². The molecule has 27 heavy (non-hydrogen) atoms. The van der Waals surface area contributed by atoms with Gasteiger partial charge < -0.3 is 20.7 Å². The van der Waals surface area contributed by atoms with Crippen LogP contribution in [0.25, 0.3) is 0 Å². The first-order chi connectivity index (χ1) is 13.2. The van der Waals surface area contributed by atoms with Gasteiger partial charge in [-0.05, 0) is 55.8 Å². The molecule has 0 bridgehead atoms. The summed E-state index contributed by atoms with van der Waals surface area (Å²) in [5, 5.41) is 2.96. The van der Waals surface area contributed by atoms with E-state index in [0.717, 1.165) is 43.9 Å². The SMILES string of the molecule is COc1ccc(C(CN)CN2CCC(C(=O)Nc3cccnc3)CC2)cc1. The van der Waals surface area contributed by atoms with Crippen molar-refractivity contribution in [3.05, 3.63) is 54.4 Å². The number of carbonyl (C=O) groups is 1. The Morgan fingerprint density at radius 2 is 2.04 bits per heavy atom. The number of pyridine rings is 1. The van der Waals surface area contributed by atoms with Crippen LogP contribution in [0.3, 0.4) is 0 Å². The Labute approximate surface area is 160 Å². The standard InChI is InChI=1S/C21H28N4O2/c1-27-20-6-4-16(5-7-20)18(13-22)15-25-11-8-17(9-12-25)21(26)24-19-3-2-10-23-14-19/h2-7,10,14,17-18H,8-9,11-13,15,22H2,1H3,(H,24,26). The van der Waals surface area contributed by atoms with E-state index >= 15 is 0 Å². The number of nitrogens with two attached hydrogens (primary N) is 1. The van der Waals surface area contributed by atoms with Crippen molar-refractivity contribution in [2.24, 2.45) is 11.7 Å². The molecule has 1 amide bonds. The summed E-state index contributed by atoms with van der Waals surface area (Å²) in [5.74, 6) is 1.29. The molecule has 0 aliphatic carbocycles. The fraction of sp³-hybridized carbons (Fsp3) is 0.429. The number of rotatable bonds is 7. The van der Waals surface area contributed by atoms with Gasteiger partial charge in [-0.1, -0.05) is 12.1 Å². The van der Waals surface area contributed by atoms with Crippen LogP contribution in [-0.4, -0.2) is 49.1 Å². The van der Waals surface area contributed by atoms with Crippen molar-refractivity contribution in [1.29, 1.82) is 0 Å². The Morgan fingerprint density at radius 3 is 2.63 bits per heavy atom. The first-order valence-corrected chi connectivity index (χ1v) is 9.47. The number of hydrogen-bond donors (Lipinski definition) is 2. The van der Waals surface area contributed by atoms with Gasteiger partial charge in [-0.3, -0.25) is 9.78 Å². The number of benzene rings is 1. The van der Waals surface area contributed by atoms with E-state index in [1.165, 1.54) is 5.56 Å². The Hall–Kier alpha value is -2.44. The maximum atomic E-state index is 12.4. The predicted octanol–water partition coefficient (Wildman–Crippen LogP) is 2.48. The molecule has 6 nitrogen and oxygen atoms in total. The van der Waals surface area contributed by atoms with Gasteiger partial charge in [0.05, 0.1) is 19.0 Å². The second-order valence-corrected chi connectivity index (χ2v) is 7.01. The maximum absolute atomic E-state index is 12.4. The molecule has 1 aromatic carbocycles. The second-order valence-electron chi connectivity index (χ2n) is 7.01. The molecule has 1 unspecified atom stereocenters. The molecular formula is C21H28N4O2. The second kappa shape index (κ2) is 9.48. The van der Waals surface area contributed by atoms with Gasteiger partial charge in [0, 0.05) is 31.1 Å². The molecule has 0 radical (unpaired) electrons. The van der Waals surface area contributed by atoms with E-state index in [-0.39, 0.29) is 17.7 Å². The summed E-state index contributed by atoms with van der Waals surface area (Å²) in [6.45, 7) is 3.35. The number of hydrogen-bond acceptors (Lipinski definition) is 5. The molecule has 0 spiro atoms. The molecule has 1 aromatic heterocycles. The van der Waals surface area contributed by atoms with Gasteiger partial charge in [0.15, 0.2) is 0 Å². The number of nitrogens with one attached hydrogen (secondary N) is 1. The lowest BCUT2D eigenvalue weighted by molar-refractivity contribution is -0.121. The number of piperidine rings is 1. The van der Waals surface area contributed by atoms with Crippen LogP contribution in [0.15, 0.2) is 48.8 Å². The minimum absolute atomic E-state index is 0.0544. The lowest BCUT2D eigenvalue weighted by Gasteiger charge is -2.33. The van der Waals surface area contributed by atoms with Crippen molar-refractivity contribution >= 4 is 11.6 Å². The third-order valence-electron chi connectivity index (χ3n) is 5.24. The van der Waals surface area contributed by atoms with Crippen molar-refractivity contribution in [3.63, 3.8) is 0 Å². The monoisotopic (exact) mass is 368 g/mol. The molecule has 0 saturated carbocycles. The van der Waals surface area contributed by atoms with Crippen LogP contribution < -0.4 is 15.8 Å². The summed E-state index contributed by atoms with van der Waals surface area (Å²) in [4.78, 5) is 18.9. The molecule has 144 valence electrons. The highest BCUT2D eigenvalue weighted by Crippen LogP contribution is 2.24. The molecule has 1 aliphatic heterocycles. The summed E-state index contributed by atoms with van der Waals surface area (Å²) in [5.41, 5.74) is 8.01. The fourth-order valence-electron chi connectivity index (χ4n) is 3.56. The highest BCUT2D eigenvalue weighted by molar-refractivity contribution is 5.92. The number of likely N-dealkylation sites (tertiary alicyclic amines) is 1. The number of amides is 1. The van der Waals surface area contributed by atoms with Gasteiger partial charge in [-0.2, -0.15) is 0 Å². The third kappa shape index (κ3) is 5.28. The smallest absolute Gasteiger partial charge is 0.227 e. The first-order valence-electron chi connectivity index (χ1n) is 9.47. The van der Waals surface area contributed by atoms with Crippen LogP contribution in [-0.2, 0) is 4.79 Å². The molecule has 1 atom stereocenters. The number of methoxy groups -OCH3 is 1. The zero-order chi connectivity index (χ0) is 19.1. The Balaban J connectivity index is 1.49. The fourth-order valence-corrected chi connectivity index (χ4v) is 3.56. The lowest BCUT2D eigenvalue weighted by atomic mass is 9.93. The van der Waals surface area contributed by atoms with E-state index in [1.807, 2.05) is 24.3 Å². The minimum atomic E-state index is 0.0544. The van der Waals surface area contributed by atoms with Gasteiger partial charge in [0.2, 0.25) is 5.91 Å². The Morgan fingerprint density at radius 1 is 1.30 bits per heavy atom. The Kier molecular flexibility index (Phi) is 6.79. The van der Waals surface area contributed by atoms with Gasteiger partial charge >= 0.3 is 0 Å². The molecule has 3 rings (SSSR count). The average Bonchev–Trinajstić information content (AvgIpc) is 2.73. The highest BCUT2D eigenvalue weighted by Gasteiger charge is 2.26. The average molecular weight is 368 g/mol. The normalized spacial score (nSPS) is 16.7. The number of carbonyl (C=O) groups excluding carboxylic acids is 1. The van der Waals surface area contributed by atoms with E-state index in [4.69, 9.17) is 10.5 Å². The van der Waals surface area contributed by atoms with Gasteiger partial charge in [-0.25, -0.2) is 0 Å². The largest absolute Gasteiger partial charge is 0.497 e. The molecule has 1 saturated heterocycles. The summed E-state index contributed by atoms with van der Waals surface area (Å²) in [6.07, 6.45) is 5.11. The summed E-state index contributed by atoms with van der Waals surface area (Å²) >= 11 is 0. The van der Waals surface area contributed by atoms with Crippen molar-refractivity contribution in [2.75, 3.05) is 38.6 Å². The molecule has 6 heteroatoms. The number of nitrogens with zero attached hydrogens (tertiary/aromatic N) is 2. The van der Waals surface area contributed by atoms with Gasteiger partial charge in [0.1, 0.15) is 5.75 Å². The number of aromatic nitrogens is 1. The maximum Gasteiger partial charge on any atom is 0.227 e. The highest BCUT2D eigenvalue weighted by atomic mass is 16.5. The molecule has 2 heterocycles. The van der Waals surface area contributed by atoms with Crippen molar-refractivity contribution in [3.8, 4) is 5.75 Å². The quantitative estimate of drug-likeness (QED) is 0.785. The van der Waals surface area contributed by atoms with Crippen LogP contribution in [0.5, 0.6) is 5.75 Å². The Bertz CT molecular complexity index is 713. The zero-order valence-corrected chi connectivity index (χ0v) is 15.8. The zero-order valence-electron chi connectivity index (χ0n) is 15.8. The number of ether oxygens (including phenoxy) is 1. The first kappa shape index (κ1) is 19.3. The van der Waals surface area contributed by atoms with Crippen LogP contribution in [0.4, 0.5) is 5.69 Å². The minimum Gasteiger partial charge on any atom is -0.497 e. The van der Waals surface area contributed by atoms with Crippen LogP contribution in [0, 0.1) is 5.92 Å². The van der Waals surface area contributed by atoms with Gasteiger partial charge in [-0.15, -0.1) is 0 Å². The van der Waals surface area contributed by atoms with Gasteiger partial charge in [0.25, 0.3) is 0 Å². The molecular weight excluding hydrogens is 340 g/mol. The van der Waals surface area contributed by atoms with Crippen molar-refractivity contribution in [2.45, 2.75) is 18.8 Å². The van der Waals surface area contributed by atoms with E-state index in [2.05, 4.69) is 27.3 Å².